The lowest BCUT2D eigenvalue weighted by atomic mass is 10.1. The summed E-state index contributed by atoms with van der Waals surface area (Å²) < 4.78 is 83.2. The van der Waals surface area contributed by atoms with E-state index in [0.29, 0.717) is 17.5 Å². The van der Waals surface area contributed by atoms with Crippen LogP contribution in [0.4, 0.5) is 26.3 Å². The molecule has 11 heteroatoms. The summed E-state index contributed by atoms with van der Waals surface area (Å²) in [6.07, 6.45) is -11.9. The number of nitrogens with zero attached hydrogens (tertiary/aromatic N) is 2. The van der Waals surface area contributed by atoms with Gasteiger partial charge in [0.1, 0.15) is 5.56 Å². The zero-order valence-electron chi connectivity index (χ0n) is 12.7. The van der Waals surface area contributed by atoms with Gasteiger partial charge in [-0.15, -0.1) is 0 Å². The largest absolute Gasteiger partial charge is 0.477 e. The van der Waals surface area contributed by atoms with Gasteiger partial charge in [0, 0.05) is 5.92 Å². The fourth-order valence-electron chi connectivity index (χ4n) is 3.03. The highest BCUT2D eigenvalue weighted by atomic mass is 19.4. The predicted molar refractivity (Wildman–Crippen MR) is 70.1 cm³/mol. The molecule has 1 saturated heterocycles. The van der Waals surface area contributed by atoms with Crippen molar-refractivity contribution in [3.05, 3.63) is 17.0 Å². The Labute approximate surface area is 137 Å². The van der Waals surface area contributed by atoms with Crippen LogP contribution in [0, 0.1) is 0 Å². The van der Waals surface area contributed by atoms with Crippen molar-refractivity contribution in [2.45, 2.75) is 62.7 Å². The van der Waals surface area contributed by atoms with Crippen LogP contribution < -0.4 is 0 Å². The Morgan fingerprint density at radius 3 is 2.24 bits per heavy atom. The molecule has 1 aromatic heterocycles. The molecule has 2 unspecified atom stereocenters. The molecule has 25 heavy (non-hydrogen) atoms. The zero-order valence-corrected chi connectivity index (χ0v) is 12.7. The third kappa shape index (κ3) is 3.60. The Hall–Kier alpha value is -1.78. The monoisotopic (exact) mass is 372 g/mol. The Morgan fingerprint density at radius 1 is 1.16 bits per heavy atom. The summed E-state index contributed by atoms with van der Waals surface area (Å²) >= 11 is 0. The molecule has 0 spiro atoms. The van der Waals surface area contributed by atoms with Gasteiger partial charge in [-0.2, -0.15) is 31.4 Å². The van der Waals surface area contributed by atoms with Crippen molar-refractivity contribution < 1.29 is 41.0 Å². The van der Waals surface area contributed by atoms with E-state index in [-0.39, 0.29) is 18.5 Å². The number of aromatic carboxylic acids is 1. The number of alkyl halides is 6. The quantitative estimate of drug-likeness (QED) is 0.821. The third-order valence-corrected chi connectivity index (χ3v) is 4.28. The van der Waals surface area contributed by atoms with E-state index in [2.05, 4.69) is 5.10 Å². The van der Waals surface area contributed by atoms with Crippen molar-refractivity contribution in [3.8, 4) is 0 Å². The van der Waals surface area contributed by atoms with E-state index in [4.69, 9.17) is 4.74 Å². The first kappa shape index (κ1) is 18.0. The van der Waals surface area contributed by atoms with Crippen LogP contribution in [0.15, 0.2) is 0 Å². The molecule has 2 heterocycles. The Balaban J connectivity index is 1.90. The van der Waals surface area contributed by atoms with Crippen molar-refractivity contribution in [1.82, 2.24) is 9.78 Å². The third-order valence-electron chi connectivity index (χ3n) is 4.28. The van der Waals surface area contributed by atoms with Crippen molar-refractivity contribution in [2.75, 3.05) is 0 Å². The van der Waals surface area contributed by atoms with E-state index in [9.17, 15) is 36.2 Å². The van der Waals surface area contributed by atoms with E-state index >= 15 is 0 Å². The Morgan fingerprint density at radius 2 is 1.80 bits per heavy atom. The van der Waals surface area contributed by atoms with Gasteiger partial charge in [-0.3, -0.25) is 4.68 Å². The first-order valence-electron chi connectivity index (χ1n) is 7.62. The molecule has 5 nitrogen and oxygen atoms in total. The summed E-state index contributed by atoms with van der Waals surface area (Å²) in [5, 5.41) is 13.0. The minimum absolute atomic E-state index is 0.0385. The highest BCUT2D eigenvalue weighted by Gasteiger charge is 2.48. The van der Waals surface area contributed by atoms with Crippen LogP contribution in [0.2, 0.25) is 0 Å². The van der Waals surface area contributed by atoms with Crippen molar-refractivity contribution in [3.63, 3.8) is 0 Å². The van der Waals surface area contributed by atoms with Gasteiger partial charge in [0.2, 0.25) is 0 Å². The minimum Gasteiger partial charge on any atom is -0.477 e. The average molecular weight is 372 g/mol. The standard InChI is InChI=1S/C14H14F6N2O3/c15-13(16,17)8-4-3-7(25-8)5-22-11(12(23)24)9(14(18,19)20)10(21-22)6-1-2-6/h6-8H,1-5H2,(H,23,24). The molecule has 2 fully saturated rings. The lowest BCUT2D eigenvalue weighted by Gasteiger charge is -2.17. The molecule has 3 rings (SSSR count). The summed E-state index contributed by atoms with van der Waals surface area (Å²) in [5.74, 6) is -2.29. The minimum atomic E-state index is -4.91. The summed E-state index contributed by atoms with van der Waals surface area (Å²) in [5.41, 5.74) is -2.71. The number of carboxylic acids is 1. The lowest BCUT2D eigenvalue weighted by Crippen LogP contribution is -2.30. The molecular weight excluding hydrogens is 358 g/mol. The molecule has 2 aliphatic rings. The van der Waals surface area contributed by atoms with Crippen LogP contribution in [0.1, 0.15) is 53.3 Å². The van der Waals surface area contributed by atoms with E-state index in [1.54, 1.807) is 0 Å². The SMILES string of the molecule is O=C(O)c1c(C(F)(F)F)c(C2CC2)nn1CC1CCC(C(F)(F)F)O1. The molecule has 1 aliphatic heterocycles. The maximum atomic E-state index is 13.3. The molecule has 1 aromatic rings. The molecule has 1 aliphatic carbocycles. The summed E-state index contributed by atoms with van der Waals surface area (Å²) in [6, 6.07) is 0. The van der Waals surface area contributed by atoms with Crippen molar-refractivity contribution >= 4 is 5.97 Å². The Bertz CT molecular complexity index is 677. The van der Waals surface area contributed by atoms with Gasteiger partial charge >= 0.3 is 18.3 Å². The van der Waals surface area contributed by atoms with Crippen LogP contribution in [-0.2, 0) is 17.5 Å². The number of carboxylic acid groups (broad SMARTS) is 1. The number of ether oxygens (including phenoxy) is 1. The van der Waals surface area contributed by atoms with Gasteiger partial charge in [-0.1, -0.05) is 0 Å². The highest BCUT2D eigenvalue weighted by molar-refractivity contribution is 5.88. The van der Waals surface area contributed by atoms with E-state index in [0.717, 1.165) is 0 Å². The topological polar surface area (TPSA) is 64.3 Å². The normalized spacial score (nSPS) is 24.7. The van der Waals surface area contributed by atoms with Gasteiger partial charge in [0.05, 0.1) is 18.3 Å². The fraction of sp³-hybridized carbons (Fsp3) is 0.714. The number of hydrogen-bond acceptors (Lipinski definition) is 3. The van der Waals surface area contributed by atoms with Crippen LogP contribution in [0.25, 0.3) is 0 Å². The molecule has 0 bridgehead atoms. The zero-order chi connectivity index (χ0) is 18.6. The van der Waals surface area contributed by atoms with Gasteiger partial charge in [-0.25, -0.2) is 4.79 Å². The second-order valence-corrected chi connectivity index (χ2v) is 6.23. The first-order chi connectivity index (χ1) is 11.5. The molecule has 0 radical (unpaired) electrons. The van der Waals surface area contributed by atoms with Gasteiger partial charge in [-0.05, 0) is 25.7 Å². The second kappa shape index (κ2) is 5.89. The molecular formula is C14H14F6N2O3. The predicted octanol–water partition coefficient (Wildman–Crippen LogP) is 3.59. The molecule has 0 aromatic carbocycles. The van der Waals surface area contributed by atoms with E-state index < -0.39 is 54.2 Å². The van der Waals surface area contributed by atoms with Crippen LogP contribution >= 0.6 is 0 Å². The van der Waals surface area contributed by atoms with E-state index in [1.165, 1.54) is 0 Å². The van der Waals surface area contributed by atoms with Gasteiger partial charge in [0.15, 0.2) is 11.8 Å². The summed E-state index contributed by atoms with van der Waals surface area (Å²) in [4.78, 5) is 11.4. The summed E-state index contributed by atoms with van der Waals surface area (Å²) in [7, 11) is 0. The fourth-order valence-corrected chi connectivity index (χ4v) is 3.03. The molecule has 140 valence electrons. The van der Waals surface area contributed by atoms with Gasteiger partial charge < -0.3 is 9.84 Å². The number of halogens is 6. The van der Waals surface area contributed by atoms with Crippen molar-refractivity contribution in [1.29, 1.82) is 0 Å². The van der Waals surface area contributed by atoms with Crippen LogP contribution in [-0.4, -0.2) is 39.2 Å². The van der Waals surface area contributed by atoms with Crippen molar-refractivity contribution in [2.24, 2.45) is 0 Å². The highest BCUT2D eigenvalue weighted by Crippen LogP contribution is 2.46. The smallest absolute Gasteiger partial charge is 0.420 e. The van der Waals surface area contributed by atoms with E-state index in [1.807, 2.05) is 0 Å². The maximum Gasteiger partial charge on any atom is 0.420 e. The summed E-state index contributed by atoms with van der Waals surface area (Å²) in [6.45, 7) is -0.468. The first-order valence-corrected chi connectivity index (χ1v) is 7.62. The molecule has 1 N–H and O–H groups in total. The second-order valence-electron chi connectivity index (χ2n) is 6.23. The molecule has 1 saturated carbocycles. The lowest BCUT2D eigenvalue weighted by molar-refractivity contribution is -0.215. The maximum absolute atomic E-state index is 13.3. The average Bonchev–Trinajstić information content (AvgIpc) is 3.04. The number of hydrogen-bond donors (Lipinski definition) is 1. The van der Waals surface area contributed by atoms with Gasteiger partial charge in [0.25, 0.3) is 0 Å². The number of rotatable bonds is 4. The van der Waals surface area contributed by atoms with Crippen LogP contribution in [0.3, 0.4) is 0 Å². The van der Waals surface area contributed by atoms with Crippen LogP contribution in [0.5, 0.6) is 0 Å². The Kier molecular flexibility index (Phi) is 4.25. The number of carbonyl (C=O) groups is 1. The number of aromatic nitrogens is 2. The molecule has 2 atom stereocenters. The molecule has 0 amide bonds.